The molecule has 0 spiro atoms. The number of hydrogen-bond acceptors (Lipinski definition) is 5. The first-order valence-corrected chi connectivity index (χ1v) is 11.4. The van der Waals surface area contributed by atoms with Gasteiger partial charge in [-0.05, 0) is 49.7 Å². The zero-order valence-corrected chi connectivity index (χ0v) is 18.9. The summed E-state index contributed by atoms with van der Waals surface area (Å²) in [5.41, 5.74) is 0.701. The van der Waals surface area contributed by atoms with Gasteiger partial charge in [0, 0.05) is 50.2 Å². The SMILES string of the molecule is CCCCCOc1ccc(C(=O)N2CCN(c3cc(-n4cccc4)nc(C)n3)CC2)cc1. The van der Waals surface area contributed by atoms with Crippen molar-refractivity contribution < 1.29 is 9.53 Å². The largest absolute Gasteiger partial charge is 0.494 e. The quantitative estimate of drug-likeness (QED) is 0.501. The summed E-state index contributed by atoms with van der Waals surface area (Å²) in [4.78, 5) is 26.3. The summed E-state index contributed by atoms with van der Waals surface area (Å²) in [6.07, 6.45) is 7.35. The molecule has 1 fully saturated rings. The van der Waals surface area contributed by atoms with Crippen LogP contribution in [0.1, 0.15) is 42.4 Å². The third kappa shape index (κ3) is 5.28. The lowest BCUT2D eigenvalue weighted by Crippen LogP contribution is -2.49. The van der Waals surface area contributed by atoms with Gasteiger partial charge in [-0.2, -0.15) is 0 Å². The monoisotopic (exact) mass is 433 g/mol. The van der Waals surface area contributed by atoms with Crippen molar-refractivity contribution in [2.75, 3.05) is 37.7 Å². The Kier molecular flexibility index (Phi) is 7.04. The molecular formula is C25H31N5O2. The Labute approximate surface area is 189 Å². The fourth-order valence-corrected chi connectivity index (χ4v) is 3.88. The van der Waals surface area contributed by atoms with Gasteiger partial charge in [-0.25, -0.2) is 9.97 Å². The van der Waals surface area contributed by atoms with Crippen molar-refractivity contribution in [3.05, 3.63) is 66.2 Å². The number of anilines is 1. The van der Waals surface area contributed by atoms with Gasteiger partial charge in [0.25, 0.3) is 5.91 Å². The molecule has 0 N–H and O–H groups in total. The molecule has 0 radical (unpaired) electrons. The second-order valence-corrected chi connectivity index (χ2v) is 8.08. The number of aryl methyl sites for hydroxylation is 1. The number of unbranched alkanes of at least 4 members (excludes halogenated alkanes) is 2. The summed E-state index contributed by atoms with van der Waals surface area (Å²) in [7, 11) is 0. The molecule has 0 saturated carbocycles. The number of carbonyl (C=O) groups is 1. The number of piperazine rings is 1. The molecule has 32 heavy (non-hydrogen) atoms. The van der Waals surface area contributed by atoms with E-state index in [1.165, 1.54) is 12.8 Å². The minimum Gasteiger partial charge on any atom is -0.494 e. The Morgan fingerprint density at radius 2 is 1.66 bits per heavy atom. The van der Waals surface area contributed by atoms with Gasteiger partial charge in [0.15, 0.2) is 0 Å². The molecule has 2 aromatic heterocycles. The third-order valence-electron chi connectivity index (χ3n) is 5.69. The Morgan fingerprint density at radius 1 is 0.969 bits per heavy atom. The molecule has 1 amide bonds. The first-order valence-electron chi connectivity index (χ1n) is 11.4. The lowest BCUT2D eigenvalue weighted by molar-refractivity contribution is 0.0746. The molecule has 7 nitrogen and oxygen atoms in total. The molecule has 0 bridgehead atoms. The van der Waals surface area contributed by atoms with Gasteiger partial charge in [0.05, 0.1) is 6.61 Å². The predicted octanol–water partition coefficient (Wildman–Crippen LogP) is 4.11. The summed E-state index contributed by atoms with van der Waals surface area (Å²) in [6, 6.07) is 13.5. The second-order valence-electron chi connectivity index (χ2n) is 8.08. The predicted molar refractivity (Wildman–Crippen MR) is 126 cm³/mol. The smallest absolute Gasteiger partial charge is 0.253 e. The molecule has 7 heteroatoms. The molecule has 3 heterocycles. The number of carbonyl (C=O) groups excluding carboxylic acids is 1. The first-order chi connectivity index (χ1) is 15.6. The van der Waals surface area contributed by atoms with Gasteiger partial charge in [-0.3, -0.25) is 4.79 Å². The van der Waals surface area contributed by atoms with E-state index in [1.54, 1.807) is 0 Å². The highest BCUT2D eigenvalue weighted by Gasteiger charge is 2.23. The van der Waals surface area contributed by atoms with E-state index in [-0.39, 0.29) is 5.91 Å². The highest BCUT2D eigenvalue weighted by molar-refractivity contribution is 5.94. The Bertz CT molecular complexity index is 1010. The van der Waals surface area contributed by atoms with Crippen molar-refractivity contribution in [2.24, 2.45) is 0 Å². The van der Waals surface area contributed by atoms with Crippen LogP contribution in [-0.4, -0.2) is 58.1 Å². The van der Waals surface area contributed by atoms with Crippen LogP contribution in [0, 0.1) is 6.92 Å². The van der Waals surface area contributed by atoms with Crippen molar-refractivity contribution >= 4 is 11.7 Å². The second kappa shape index (κ2) is 10.3. The van der Waals surface area contributed by atoms with Crippen molar-refractivity contribution in [2.45, 2.75) is 33.1 Å². The Morgan fingerprint density at radius 3 is 2.34 bits per heavy atom. The molecule has 0 atom stereocenters. The lowest BCUT2D eigenvalue weighted by atomic mass is 10.1. The van der Waals surface area contributed by atoms with Crippen molar-refractivity contribution in [1.29, 1.82) is 0 Å². The van der Waals surface area contributed by atoms with E-state index in [0.29, 0.717) is 18.7 Å². The van der Waals surface area contributed by atoms with E-state index in [2.05, 4.69) is 21.8 Å². The molecule has 0 aliphatic carbocycles. The van der Waals surface area contributed by atoms with Crippen molar-refractivity contribution in [1.82, 2.24) is 19.4 Å². The van der Waals surface area contributed by atoms with Gasteiger partial charge in [0.1, 0.15) is 23.2 Å². The van der Waals surface area contributed by atoms with Gasteiger partial charge in [0.2, 0.25) is 0 Å². The average Bonchev–Trinajstić information content (AvgIpc) is 3.37. The van der Waals surface area contributed by atoms with Crippen LogP contribution in [0.15, 0.2) is 54.9 Å². The van der Waals surface area contributed by atoms with Crippen LogP contribution >= 0.6 is 0 Å². The minimum absolute atomic E-state index is 0.0640. The summed E-state index contributed by atoms with van der Waals surface area (Å²) >= 11 is 0. The van der Waals surface area contributed by atoms with Gasteiger partial charge in [-0.1, -0.05) is 19.8 Å². The van der Waals surface area contributed by atoms with Crippen LogP contribution in [0.2, 0.25) is 0 Å². The molecule has 1 aliphatic rings. The molecular weight excluding hydrogens is 402 g/mol. The fourth-order valence-electron chi connectivity index (χ4n) is 3.88. The summed E-state index contributed by atoms with van der Waals surface area (Å²) in [5, 5.41) is 0. The van der Waals surface area contributed by atoms with E-state index in [9.17, 15) is 4.79 Å². The Balaban J connectivity index is 1.34. The van der Waals surface area contributed by atoms with E-state index in [0.717, 1.165) is 49.3 Å². The normalized spacial score (nSPS) is 13.9. The molecule has 1 aliphatic heterocycles. The first kappa shape index (κ1) is 21.9. The number of rotatable bonds is 8. The number of nitrogens with zero attached hydrogens (tertiary/aromatic N) is 5. The highest BCUT2D eigenvalue weighted by Crippen LogP contribution is 2.19. The van der Waals surface area contributed by atoms with Gasteiger partial charge >= 0.3 is 0 Å². The molecule has 3 aromatic rings. The van der Waals surface area contributed by atoms with E-state index in [1.807, 2.05) is 71.2 Å². The standard InChI is InChI=1S/C25H31N5O2/c1-3-4-7-18-32-22-10-8-21(9-11-22)25(31)30-16-14-29(15-17-30)24-19-23(26-20(2)27-24)28-12-5-6-13-28/h5-6,8-13,19H,3-4,7,14-18H2,1-2H3. The third-order valence-corrected chi connectivity index (χ3v) is 5.69. The van der Waals surface area contributed by atoms with Gasteiger partial charge in [-0.15, -0.1) is 0 Å². The fraction of sp³-hybridized carbons (Fsp3) is 0.400. The van der Waals surface area contributed by atoms with Crippen LogP contribution in [0.5, 0.6) is 5.75 Å². The molecule has 4 rings (SSSR count). The molecule has 168 valence electrons. The summed E-state index contributed by atoms with van der Waals surface area (Å²) < 4.78 is 7.73. The Hall–Kier alpha value is -3.35. The van der Waals surface area contributed by atoms with Crippen molar-refractivity contribution in [3.63, 3.8) is 0 Å². The molecule has 1 saturated heterocycles. The topological polar surface area (TPSA) is 63.5 Å². The van der Waals surface area contributed by atoms with Crippen LogP contribution in [0.4, 0.5) is 5.82 Å². The van der Waals surface area contributed by atoms with E-state index < -0.39 is 0 Å². The number of hydrogen-bond donors (Lipinski definition) is 0. The maximum absolute atomic E-state index is 13.0. The lowest BCUT2D eigenvalue weighted by Gasteiger charge is -2.35. The minimum atomic E-state index is 0.0640. The number of amides is 1. The van der Waals surface area contributed by atoms with Crippen LogP contribution < -0.4 is 9.64 Å². The van der Waals surface area contributed by atoms with Crippen molar-refractivity contribution in [3.8, 4) is 11.6 Å². The van der Waals surface area contributed by atoms with E-state index >= 15 is 0 Å². The average molecular weight is 434 g/mol. The summed E-state index contributed by atoms with van der Waals surface area (Å²) in [5.74, 6) is 3.38. The van der Waals surface area contributed by atoms with Crippen LogP contribution in [-0.2, 0) is 0 Å². The maximum Gasteiger partial charge on any atom is 0.253 e. The highest BCUT2D eigenvalue weighted by atomic mass is 16.5. The summed E-state index contributed by atoms with van der Waals surface area (Å²) in [6.45, 7) is 7.62. The zero-order valence-electron chi connectivity index (χ0n) is 18.9. The molecule has 1 aromatic carbocycles. The number of ether oxygens (including phenoxy) is 1. The van der Waals surface area contributed by atoms with E-state index in [4.69, 9.17) is 4.74 Å². The number of benzene rings is 1. The molecule has 0 unspecified atom stereocenters. The maximum atomic E-state index is 13.0. The number of aromatic nitrogens is 3. The van der Waals surface area contributed by atoms with Gasteiger partial charge < -0.3 is 19.1 Å². The zero-order chi connectivity index (χ0) is 22.3. The van der Waals surface area contributed by atoms with Crippen LogP contribution in [0.3, 0.4) is 0 Å². The van der Waals surface area contributed by atoms with Crippen LogP contribution in [0.25, 0.3) is 5.82 Å².